The molecule has 0 unspecified atom stereocenters. The zero-order valence-electron chi connectivity index (χ0n) is 12.6. The van der Waals surface area contributed by atoms with Gasteiger partial charge in [0.05, 0.1) is 6.61 Å². The van der Waals surface area contributed by atoms with Crippen LogP contribution in [0.25, 0.3) is 0 Å². The van der Waals surface area contributed by atoms with Crippen molar-refractivity contribution in [1.29, 1.82) is 0 Å². The Hall–Kier alpha value is -0.540. The van der Waals surface area contributed by atoms with Gasteiger partial charge in [-0.3, -0.25) is 0 Å². The van der Waals surface area contributed by atoms with Crippen molar-refractivity contribution >= 4 is 15.9 Å². The molecule has 1 aromatic rings. The summed E-state index contributed by atoms with van der Waals surface area (Å²) in [5.41, 5.74) is 1.60. The first-order valence-corrected chi connectivity index (χ1v) is 7.83. The first kappa shape index (κ1) is 16.5. The van der Waals surface area contributed by atoms with Crippen LogP contribution in [0, 0.1) is 5.41 Å². The Balaban J connectivity index is 2.53. The predicted octanol–water partition coefficient (Wildman–Crippen LogP) is 4.76. The van der Waals surface area contributed by atoms with Crippen LogP contribution in [0.4, 0.5) is 0 Å². The molecule has 3 heteroatoms. The average Bonchev–Trinajstić information content (AvgIpc) is 2.32. The molecule has 1 rings (SSSR count). The number of hydrogen-bond acceptors (Lipinski definition) is 2. The van der Waals surface area contributed by atoms with Crippen LogP contribution < -0.4 is 10.1 Å². The number of halogens is 1. The summed E-state index contributed by atoms with van der Waals surface area (Å²) in [6.07, 6.45) is 2.21. The summed E-state index contributed by atoms with van der Waals surface area (Å²) < 4.78 is 6.88. The Morgan fingerprint density at radius 3 is 2.63 bits per heavy atom. The minimum Gasteiger partial charge on any atom is -0.493 e. The van der Waals surface area contributed by atoms with Crippen molar-refractivity contribution in [2.75, 3.05) is 13.2 Å². The lowest BCUT2D eigenvalue weighted by molar-refractivity contribution is 0.312. The van der Waals surface area contributed by atoms with Gasteiger partial charge >= 0.3 is 0 Å². The molecular formula is C16H26BrNO. The van der Waals surface area contributed by atoms with E-state index >= 15 is 0 Å². The van der Waals surface area contributed by atoms with Crippen molar-refractivity contribution < 1.29 is 4.74 Å². The standard InChI is InChI=1S/C16H26BrNO/c1-5-10-19-15-7-6-14(17)11-13(15)12-18-9-8-16(2,3)4/h6-7,11,18H,5,8-10,12H2,1-4H3. The second-order valence-corrected chi connectivity index (χ2v) is 7.00. The highest BCUT2D eigenvalue weighted by Gasteiger charge is 2.09. The lowest BCUT2D eigenvalue weighted by Gasteiger charge is -2.18. The molecule has 0 bridgehead atoms. The molecule has 0 amide bonds. The molecule has 19 heavy (non-hydrogen) atoms. The minimum atomic E-state index is 0.381. The highest BCUT2D eigenvalue weighted by Crippen LogP contribution is 2.23. The van der Waals surface area contributed by atoms with E-state index in [1.54, 1.807) is 0 Å². The highest BCUT2D eigenvalue weighted by atomic mass is 79.9. The van der Waals surface area contributed by atoms with Gasteiger partial charge in [0, 0.05) is 16.6 Å². The Morgan fingerprint density at radius 1 is 1.26 bits per heavy atom. The molecule has 0 radical (unpaired) electrons. The second-order valence-electron chi connectivity index (χ2n) is 6.09. The number of rotatable bonds is 7. The van der Waals surface area contributed by atoms with Crippen LogP contribution in [0.3, 0.4) is 0 Å². The van der Waals surface area contributed by atoms with E-state index in [1.165, 1.54) is 12.0 Å². The fourth-order valence-electron chi connectivity index (χ4n) is 1.73. The van der Waals surface area contributed by atoms with Crippen molar-refractivity contribution in [1.82, 2.24) is 5.32 Å². The Labute approximate surface area is 126 Å². The van der Waals surface area contributed by atoms with Crippen LogP contribution in [-0.4, -0.2) is 13.2 Å². The zero-order chi connectivity index (χ0) is 14.3. The average molecular weight is 328 g/mol. The first-order valence-electron chi connectivity index (χ1n) is 7.04. The van der Waals surface area contributed by atoms with E-state index in [4.69, 9.17) is 4.74 Å². The van der Waals surface area contributed by atoms with Gasteiger partial charge in [-0.25, -0.2) is 0 Å². The van der Waals surface area contributed by atoms with E-state index in [1.807, 2.05) is 12.1 Å². The zero-order valence-corrected chi connectivity index (χ0v) is 14.1. The van der Waals surface area contributed by atoms with Crippen molar-refractivity contribution in [3.05, 3.63) is 28.2 Å². The molecule has 1 N–H and O–H groups in total. The maximum absolute atomic E-state index is 5.78. The van der Waals surface area contributed by atoms with Crippen LogP contribution in [0.2, 0.25) is 0 Å². The maximum atomic E-state index is 5.78. The molecule has 0 saturated carbocycles. The van der Waals surface area contributed by atoms with Crippen LogP contribution >= 0.6 is 15.9 Å². The second kappa shape index (κ2) is 7.91. The summed E-state index contributed by atoms with van der Waals surface area (Å²) in [7, 11) is 0. The molecule has 108 valence electrons. The van der Waals surface area contributed by atoms with E-state index in [0.29, 0.717) is 5.41 Å². The molecular weight excluding hydrogens is 302 g/mol. The third-order valence-corrected chi connectivity index (χ3v) is 3.34. The largest absolute Gasteiger partial charge is 0.493 e. The lowest BCUT2D eigenvalue weighted by atomic mass is 9.92. The molecule has 0 aliphatic heterocycles. The molecule has 0 atom stereocenters. The summed E-state index contributed by atoms with van der Waals surface area (Å²) in [6.45, 7) is 11.6. The normalized spacial score (nSPS) is 11.6. The van der Waals surface area contributed by atoms with Gasteiger partial charge in [-0.2, -0.15) is 0 Å². The summed E-state index contributed by atoms with van der Waals surface area (Å²) in [6, 6.07) is 6.21. The summed E-state index contributed by atoms with van der Waals surface area (Å²) in [4.78, 5) is 0. The molecule has 0 aliphatic rings. The van der Waals surface area contributed by atoms with E-state index in [9.17, 15) is 0 Å². The first-order chi connectivity index (χ1) is 8.92. The van der Waals surface area contributed by atoms with Crippen LogP contribution in [0.5, 0.6) is 5.75 Å². The lowest BCUT2D eigenvalue weighted by Crippen LogP contribution is -2.20. The van der Waals surface area contributed by atoms with E-state index in [2.05, 4.69) is 55.0 Å². The van der Waals surface area contributed by atoms with Gasteiger partial charge in [0.15, 0.2) is 0 Å². The Morgan fingerprint density at radius 2 is 2.00 bits per heavy atom. The van der Waals surface area contributed by atoms with Gasteiger partial charge < -0.3 is 10.1 Å². The fraction of sp³-hybridized carbons (Fsp3) is 0.625. The van der Waals surface area contributed by atoms with Crippen LogP contribution in [0.15, 0.2) is 22.7 Å². The molecule has 2 nitrogen and oxygen atoms in total. The smallest absolute Gasteiger partial charge is 0.123 e. The third kappa shape index (κ3) is 6.98. The fourth-order valence-corrected chi connectivity index (χ4v) is 2.13. The van der Waals surface area contributed by atoms with E-state index in [-0.39, 0.29) is 0 Å². The number of nitrogens with one attached hydrogen (secondary N) is 1. The SMILES string of the molecule is CCCOc1ccc(Br)cc1CNCCC(C)(C)C. The van der Waals surface area contributed by atoms with Gasteiger partial charge in [-0.15, -0.1) is 0 Å². The third-order valence-electron chi connectivity index (χ3n) is 2.85. The van der Waals surface area contributed by atoms with Gasteiger partial charge in [-0.05, 0) is 43.0 Å². The number of hydrogen-bond donors (Lipinski definition) is 1. The number of ether oxygens (including phenoxy) is 1. The predicted molar refractivity (Wildman–Crippen MR) is 85.7 cm³/mol. The Kier molecular flexibility index (Phi) is 6.87. The Bertz CT molecular complexity index is 385. The summed E-state index contributed by atoms with van der Waals surface area (Å²) in [5.74, 6) is 0.994. The minimum absolute atomic E-state index is 0.381. The van der Waals surface area contributed by atoms with Crippen LogP contribution in [0.1, 0.15) is 46.1 Å². The molecule has 1 aromatic carbocycles. The van der Waals surface area contributed by atoms with Gasteiger partial charge in [0.1, 0.15) is 5.75 Å². The van der Waals surface area contributed by atoms with Crippen molar-refractivity contribution in [2.24, 2.45) is 5.41 Å². The maximum Gasteiger partial charge on any atom is 0.123 e. The van der Waals surface area contributed by atoms with E-state index < -0.39 is 0 Å². The molecule has 0 fully saturated rings. The topological polar surface area (TPSA) is 21.3 Å². The summed E-state index contributed by atoms with van der Waals surface area (Å²) >= 11 is 3.52. The van der Waals surface area contributed by atoms with Crippen molar-refractivity contribution in [3.63, 3.8) is 0 Å². The van der Waals surface area contributed by atoms with Gasteiger partial charge in [0.2, 0.25) is 0 Å². The van der Waals surface area contributed by atoms with Gasteiger partial charge in [-0.1, -0.05) is 43.6 Å². The van der Waals surface area contributed by atoms with Crippen molar-refractivity contribution in [3.8, 4) is 5.75 Å². The highest BCUT2D eigenvalue weighted by molar-refractivity contribution is 9.10. The molecule has 0 aliphatic carbocycles. The molecule has 0 heterocycles. The molecule has 0 saturated heterocycles. The number of benzene rings is 1. The monoisotopic (exact) mass is 327 g/mol. The quantitative estimate of drug-likeness (QED) is 0.729. The van der Waals surface area contributed by atoms with Gasteiger partial charge in [0.25, 0.3) is 0 Å². The molecule has 0 aromatic heterocycles. The van der Waals surface area contributed by atoms with Crippen molar-refractivity contribution in [2.45, 2.75) is 47.1 Å². The summed E-state index contributed by atoms with van der Waals surface area (Å²) in [5, 5.41) is 3.50. The van der Waals surface area contributed by atoms with E-state index in [0.717, 1.165) is 36.3 Å². The van der Waals surface area contributed by atoms with Crippen LogP contribution in [-0.2, 0) is 6.54 Å². The molecule has 0 spiro atoms.